The van der Waals surface area contributed by atoms with Crippen LogP contribution in [-0.2, 0) is 31.3 Å². The van der Waals surface area contributed by atoms with E-state index in [0.29, 0.717) is 58.7 Å². The molecule has 2 fully saturated rings. The van der Waals surface area contributed by atoms with Gasteiger partial charge >= 0.3 is 0 Å². The second-order valence-corrected chi connectivity index (χ2v) is 12.5. The lowest BCUT2D eigenvalue weighted by Gasteiger charge is -2.37. The molecule has 1 N–H and O–H groups in total. The van der Waals surface area contributed by atoms with Crippen molar-refractivity contribution in [2.45, 2.75) is 49.6 Å². The van der Waals surface area contributed by atoms with Crippen LogP contribution in [0.15, 0.2) is 53.4 Å². The molecule has 1 atom stereocenters. The highest BCUT2D eigenvalue weighted by molar-refractivity contribution is 7.89. The van der Waals surface area contributed by atoms with Crippen molar-refractivity contribution in [1.29, 1.82) is 0 Å². The molecule has 1 saturated heterocycles. The van der Waals surface area contributed by atoms with Crippen LogP contribution in [0.5, 0.6) is 5.75 Å². The van der Waals surface area contributed by atoms with Gasteiger partial charge in [-0.05, 0) is 80.6 Å². The van der Waals surface area contributed by atoms with Gasteiger partial charge < -0.3 is 23.7 Å². The quantitative estimate of drug-likeness (QED) is 0.392. The number of carbonyl (C=O) groups excluding carboxylic acids is 1. The zero-order chi connectivity index (χ0) is 28.3. The van der Waals surface area contributed by atoms with E-state index in [2.05, 4.69) is 10.8 Å². The molecule has 0 radical (unpaired) electrons. The van der Waals surface area contributed by atoms with Crippen molar-refractivity contribution < 1.29 is 27.4 Å². The smallest absolute Gasteiger partial charge is 0.240 e. The fraction of sp³-hybridized carbons (Fsp3) is 0.500. The minimum absolute atomic E-state index is 0.0505. The Bertz CT molecular complexity index is 1430. The summed E-state index contributed by atoms with van der Waals surface area (Å²) >= 11 is 0. The lowest BCUT2D eigenvalue weighted by Crippen LogP contribution is -2.50. The molecule has 1 aliphatic carbocycles. The summed E-state index contributed by atoms with van der Waals surface area (Å²) in [5, 5.41) is 0.966. The highest BCUT2D eigenvalue weighted by Gasteiger charge is 2.34. The molecule has 0 unspecified atom stereocenters. The first-order valence-corrected chi connectivity index (χ1v) is 15.5. The second-order valence-electron chi connectivity index (χ2n) is 10.8. The van der Waals surface area contributed by atoms with Gasteiger partial charge in [0, 0.05) is 49.3 Å². The van der Waals surface area contributed by atoms with Crippen molar-refractivity contribution in [3.63, 3.8) is 0 Å². The summed E-state index contributed by atoms with van der Waals surface area (Å²) < 4.78 is 47.8. The van der Waals surface area contributed by atoms with E-state index in [1.165, 1.54) is 0 Å². The van der Waals surface area contributed by atoms with Crippen LogP contribution in [-0.4, -0.2) is 76.0 Å². The van der Waals surface area contributed by atoms with Crippen LogP contribution < -0.4 is 9.46 Å². The topological polar surface area (TPSA) is 99.1 Å². The molecule has 2 heterocycles. The Kier molecular flexibility index (Phi) is 8.80. The van der Waals surface area contributed by atoms with Crippen molar-refractivity contribution in [3.05, 3.63) is 48.5 Å². The van der Waals surface area contributed by atoms with E-state index in [9.17, 15) is 13.2 Å². The number of ether oxygens (including phenoxy) is 3. The summed E-state index contributed by atoms with van der Waals surface area (Å²) in [4.78, 5) is 15.2. The largest absolute Gasteiger partial charge is 0.491 e. The Morgan fingerprint density at radius 3 is 2.50 bits per heavy atom. The summed E-state index contributed by atoms with van der Waals surface area (Å²) in [5.41, 5.74) is 2.84. The lowest BCUT2D eigenvalue weighted by molar-refractivity contribution is -0.144. The Morgan fingerprint density at radius 2 is 1.80 bits per heavy atom. The van der Waals surface area contributed by atoms with Crippen molar-refractivity contribution in [1.82, 2.24) is 14.2 Å². The molecule has 1 aliphatic heterocycles. The van der Waals surface area contributed by atoms with Crippen molar-refractivity contribution in [3.8, 4) is 17.0 Å². The van der Waals surface area contributed by atoms with Gasteiger partial charge in [-0.25, -0.2) is 13.1 Å². The SMILES string of the molecule is COCCOc1ccc(-c2cc3ccc(S(=O)(=O)NC4CCC(C(=O)N5CCOC[C@@H]5C)CC4)cc3n2C)cc1. The summed E-state index contributed by atoms with van der Waals surface area (Å²) in [7, 11) is -0.126. The molecule has 5 rings (SSSR count). The first-order chi connectivity index (χ1) is 19.3. The van der Waals surface area contributed by atoms with E-state index in [1.807, 2.05) is 53.8 Å². The average molecular weight is 570 g/mol. The van der Waals surface area contributed by atoms with Crippen LogP contribution in [0.4, 0.5) is 0 Å². The summed E-state index contributed by atoms with van der Waals surface area (Å²) in [6.45, 7) is 4.81. The first kappa shape index (κ1) is 28.6. The van der Waals surface area contributed by atoms with E-state index in [-0.39, 0.29) is 28.8 Å². The minimum atomic E-state index is -3.71. The van der Waals surface area contributed by atoms with Crippen LogP contribution in [0.2, 0.25) is 0 Å². The van der Waals surface area contributed by atoms with Gasteiger partial charge in [-0.2, -0.15) is 0 Å². The van der Waals surface area contributed by atoms with Gasteiger partial charge in [-0.3, -0.25) is 4.79 Å². The zero-order valence-corrected chi connectivity index (χ0v) is 24.3. The van der Waals surface area contributed by atoms with Crippen molar-refractivity contribution >= 4 is 26.8 Å². The Hall–Kier alpha value is -2.92. The zero-order valence-electron chi connectivity index (χ0n) is 23.5. The van der Waals surface area contributed by atoms with Gasteiger partial charge in [0.05, 0.1) is 30.8 Å². The normalized spacial score (nSPS) is 22.0. The number of methoxy groups -OCH3 is 1. The molecule has 0 bridgehead atoms. The number of aromatic nitrogens is 1. The predicted octanol–water partition coefficient (Wildman–Crippen LogP) is 3.95. The number of sulfonamides is 1. The van der Waals surface area contributed by atoms with Gasteiger partial charge in [0.25, 0.3) is 0 Å². The van der Waals surface area contributed by atoms with E-state index in [1.54, 1.807) is 19.2 Å². The van der Waals surface area contributed by atoms with Crippen LogP contribution in [0.25, 0.3) is 22.2 Å². The molecule has 0 spiro atoms. The molecule has 1 saturated carbocycles. The molecule has 1 aromatic heterocycles. The van der Waals surface area contributed by atoms with E-state index in [0.717, 1.165) is 27.9 Å². The van der Waals surface area contributed by atoms with Crippen LogP contribution in [0.1, 0.15) is 32.6 Å². The summed E-state index contributed by atoms with van der Waals surface area (Å²) in [6, 6.07) is 15.1. The van der Waals surface area contributed by atoms with Gasteiger partial charge in [0.1, 0.15) is 12.4 Å². The number of amides is 1. The first-order valence-electron chi connectivity index (χ1n) is 14.0. The maximum Gasteiger partial charge on any atom is 0.240 e. The van der Waals surface area contributed by atoms with Gasteiger partial charge in [-0.15, -0.1) is 0 Å². The van der Waals surface area contributed by atoms with Gasteiger partial charge in [0.2, 0.25) is 15.9 Å². The van der Waals surface area contributed by atoms with Crippen molar-refractivity contribution in [2.24, 2.45) is 13.0 Å². The number of aryl methyl sites for hydroxylation is 1. The highest BCUT2D eigenvalue weighted by Crippen LogP contribution is 2.31. The fourth-order valence-corrected chi connectivity index (χ4v) is 7.08. The molecular formula is C30H39N3O6S. The van der Waals surface area contributed by atoms with E-state index in [4.69, 9.17) is 14.2 Å². The Balaban J connectivity index is 1.24. The maximum atomic E-state index is 13.4. The monoisotopic (exact) mass is 569 g/mol. The molecule has 40 heavy (non-hydrogen) atoms. The Labute approximate surface area is 236 Å². The molecule has 1 amide bonds. The number of benzene rings is 2. The third-order valence-electron chi connectivity index (χ3n) is 8.08. The van der Waals surface area contributed by atoms with Crippen LogP contribution >= 0.6 is 0 Å². The standard InChI is InChI=1S/C30H39N3O6S/c1-21-20-38-15-14-33(21)30(34)23-4-9-25(10-5-23)31-40(35,36)27-13-8-24-18-28(32(2)29(24)19-27)22-6-11-26(12-7-22)39-17-16-37-3/h6-8,11-13,18-19,21,23,25,31H,4-5,9-10,14-17,20H2,1-3H3/t21-,23?,25?/m0/s1. The molecule has 2 aliphatic rings. The molecular weight excluding hydrogens is 530 g/mol. The minimum Gasteiger partial charge on any atom is -0.491 e. The average Bonchev–Trinajstić information content (AvgIpc) is 3.29. The number of hydrogen-bond donors (Lipinski definition) is 1. The van der Waals surface area contributed by atoms with Crippen LogP contribution in [0.3, 0.4) is 0 Å². The number of morpholine rings is 1. The maximum absolute atomic E-state index is 13.4. The fourth-order valence-electron chi connectivity index (χ4n) is 5.75. The number of nitrogens with one attached hydrogen (secondary N) is 1. The lowest BCUT2D eigenvalue weighted by atomic mass is 9.85. The number of fused-ring (bicyclic) bond motifs is 1. The molecule has 3 aromatic rings. The van der Waals surface area contributed by atoms with Gasteiger partial charge in [-0.1, -0.05) is 6.07 Å². The molecule has 10 heteroatoms. The summed E-state index contributed by atoms with van der Waals surface area (Å²) in [6.07, 6.45) is 2.67. The Morgan fingerprint density at radius 1 is 1.05 bits per heavy atom. The number of nitrogens with zero attached hydrogens (tertiary/aromatic N) is 2. The number of rotatable bonds is 9. The molecule has 2 aromatic carbocycles. The number of hydrogen-bond acceptors (Lipinski definition) is 6. The predicted molar refractivity (Wildman–Crippen MR) is 154 cm³/mol. The third-order valence-corrected chi connectivity index (χ3v) is 9.60. The molecule has 216 valence electrons. The second kappa shape index (κ2) is 12.3. The molecule has 9 nitrogen and oxygen atoms in total. The van der Waals surface area contributed by atoms with E-state index >= 15 is 0 Å². The van der Waals surface area contributed by atoms with Crippen molar-refractivity contribution in [2.75, 3.05) is 40.1 Å². The number of carbonyl (C=O) groups is 1. The van der Waals surface area contributed by atoms with Gasteiger partial charge in [0.15, 0.2) is 0 Å². The highest BCUT2D eigenvalue weighted by atomic mass is 32.2. The van der Waals surface area contributed by atoms with E-state index < -0.39 is 10.0 Å². The third kappa shape index (κ3) is 6.20. The van der Waals surface area contributed by atoms with Crippen LogP contribution in [0, 0.1) is 5.92 Å². The summed E-state index contributed by atoms with van der Waals surface area (Å²) in [5.74, 6) is 0.897.